The summed E-state index contributed by atoms with van der Waals surface area (Å²) in [7, 11) is 0. The third kappa shape index (κ3) is 2.14. The van der Waals surface area contributed by atoms with Gasteiger partial charge in [-0.2, -0.15) is 0 Å². The number of hydrogen-bond donors (Lipinski definition) is 0. The largest absolute Gasteiger partial charge is 0.289 e. The molecule has 0 fully saturated rings. The summed E-state index contributed by atoms with van der Waals surface area (Å²) in [6.45, 7) is 6.08. The highest BCUT2D eigenvalue weighted by Gasteiger charge is 2.14. The van der Waals surface area contributed by atoms with Gasteiger partial charge in [0.1, 0.15) is 0 Å². The van der Waals surface area contributed by atoms with Crippen molar-refractivity contribution in [2.75, 3.05) is 0 Å². The van der Waals surface area contributed by atoms with Gasteiger partial charge in [-0.1, -0.05) is 6.07 Å². The molecule has 3 heteroatoms. The number of ketones is 1. The number of pyridine rings is 1. The number of nitrogens with zero attached hydrogens (tertiary/aromatic N) is 1. The zero-order valence-corrected chi connectivity index (χ0v) is 12.5. The number of carbonyl (C=O) groups excluding carboxylic acids is 1. The van der Waals surface area contributed by atoms with Crippen molar-refractivity contribution in [3.63, 3.8) is 0 Å². The topological polar surface area (TPSA) is 30.0 Å². The number of thiophene rings is 1. The number of hydrogen-bond acceptors (Lipinski definition) is 3. The van der Waals surface area contributed by atoms with Gasteiger partial charge in [0.2, 0.25) is 0 Å². The van der Waals surface area contributed by atoms with Gasteiger partial charge < -0.3 is 0 Å². The lowest BCUT2D eigenvalue weighted by Gasteiger charge is -2.09. The summed E-state index contributed by atoms with van der Waals surface area (Å²) in [6, 6.07) is 7.95. The molecular formula is C17H15NOS. The molecule has 0 aliphatic heterocycles. The normalized spacial score (nSPS) is 10.9. The van der Waals surface area contributed by atoms with E-state index in [0.717, 1.165) is 26.9 Å². The first-order chi connectivity index (χ1) is 9.56. The Morgan fingerprint density at radius 2 is 1.80 bits per heavy atom. The molecule has 2 heterocycles. The molecule has 0 atom stereocenters. The van der Waals surface area contributed by atoms with Crippen LogP contribution in [0.15, 0.2) is 35.8 Å². The lowest BCUT2D eigenvalue weighted by atomic mass is 9.95. The maximum Gasteiger partial charge on any atom is 0.194 e. The van der Waals surface area contributed by atoms with Gasteiger partial charge >= 0.3 is 0 Å². The smallest absolute Gasteiger partial charge is 0.194 e. The second-order valence-electron chi connectivity index (χ2n) is 5.11. The Kier molecular flexibility index (Phi) is 3.14. The van der Waals surface area contributed by atoms with Crippen LogP contribution in [0, 0.1) is 20.8 Å². The predicted octanol–water partition coefficient (Wildman–Crippen LogP) is 4.45. The third-order valence-corrected chi connectivity index (χ3v) is 4.50. The van der Waals surface area contributed by atoms with Crippen LogP contribution in [0.1, 0.15) is 32.6 Å². The van der Waals surface area contributed by atoms with E-state index in [1.54, 1.807) is 17.5 Å². The summed E-state index contributed by atoms with van der Waals surface area (Å²) in [4.78, 5) is 17.0. The molecule has 0 aliphatic rings. The van der Waals surface area contributed by atoms with Crippen molar-refractivity contribution >= 4 is 27.3 Å². The van der Waals surface area contributed by atoms with E-state index in [2.05, 4.69) is 18.0 Å². The molecule has 0 unspecified atom stereocenters. The van der Waals surface area contributed by atoms with Gasteiger partial charge in [-0.3, -0.25) is 9.78 Å². The zero-order chi connectivity index (χ0) is 14.3. The molecule has 3 aromatic rings. The van der Waals surface area contributed by atoms with E-state index in [0.29, 0.717) is 5.56 Å². The molecule has 20 heavy (non-hydrogen) atoms. The lowest BCUT2D eigenvalue weighted by molar-refractivity contribution is 0.103. The van der Waals surface area contributed by atoms with Crippen molar-refractivity contribution in [1.82, 2.24) is 4.98 Å². The monoisotopic (exact) mass is 281 g/mol. The molecule has 0 spiro atoms. The van der Waals surface area contributed by atoms with Gasteiger partial charge in [-0.25, -0.2) is 0 Å². The molecule has 0 amide bonds. The SMILES string of the molecule is Cc1cc(C)c(C(=O)c2cnc3ccsc3c2)cc1C. The molecule has 2 aromatic heterocycles. The summed E-state index contributed by atoms with van der Waals surface area (Å²) >= 11 is 1.61. The van der Waals surface area contributed by atoms with Crippen LogP contribution in [-0.4, -0.2) is 10.8 Å². The van der Waals surface area contributed by atoms with E-state index in [1.165, 1.54) is 5.56 Å². The average Bonchev–Trinajstić information content (AvgIpc) is 2.89. The molecule has 2 nitrogen and oxygen atoms in total. The molecule has 1 aromatic carbocycles. The summed E-state index contributed by atoms with van der Waals surface area (Å²) in [5.74, 6) is 0.0494. The van der Waals surface area contributed by atoms with E-state index in [4.69, 9.17) is 0 Å². The summed E-state index contributed by atoms with van der Waals surface area (Å²) in [5, 5.41) is 1.99. The van der Waals surface area contributed by atoms with Crippen LogP contribution in [0.5, 0.6) is 0 Å². The van der Waals surface area contributed by atoms with Crippen molar-refractivity contribution in [2.45, 2.75) is 20.8 Å². The van der Waals surface area contributed by atoms with Crippen molar-refractivity contribution < 1.29 is 4.79 Å². The Morgan fingerprint density at radius 1 is 1.05 bits per heavy atom. The Hall–Kier alpha value is -2.00. The van der Waals surface area contributed by atoms with E-state index in [1.807, 2.05) is 37.4 Å². The quantitative estimate of drug-likeness (QED) is 0.649. The first-order valence-electron chi connectivity index (χ1n) is 6.52. The molecule has 0 radical (unpaired) electrons. The van der Waals surface area contributed by atoms with Crippen LogP contribution in [0.4, 0.5) is 0 Å². The molecule has 0 saturated carbocycles. The first kappa shape index (κ1) is 13.0. The molecule has 3 rings (SSSR count). The van der Waals surface area contributed by atoms with E-state index >= 15 is 0 Å². The standard InChI is InChI=1S/C17H15NOS/c1-10-6-12(3)14(7-11(10)2)17(19)13-8-16-15(18-9-13)4-5-20-16/h4-9H,1-3H3. The highest BCUT2D eigenvalue weighted by molar-refractivity contribution is 7.17. The van der Waals surface area contributed by atoms with Gasteiger partial charge in [0.15, 0.2) is 5.78 Å². The highest BCUT2D eigenvalue weighted by atomic mass is 32.1. The van der Waals surface area contributed by atoms with Crippen molar-refractivity contribution in [1.29, 1.82) is 0 Å². The van der Waals surface area contributed by atoms with Crippen molar-refractivity contribution in [3.05, 3.63) is 63.7 Å². The number of benzene rings is 1. The third-order valence-electron chi connectivity index (χ3n) is 3.65. The van der Waals surface area contributed by atoms with Crippen LogP contribution < -0.4 is 0 Å². The molecule has 0 aliphatic carbocycles. The van der Waals surface area contributed by atoms with Gasteiger partial charge in [0.05, 0.1) is 10.2 Å². The summed E-state index contributed by atoms with van der Waals surface area (Å²) < 4.78 is 1.05. The van der Waals surface area contributed by atoms with Crippen LogP contribution in [0.2, 0.25) is 0 Å². The van der Waals surface area contributed by atoms with Crippen LogP contribution in [-0.2, 0) is 0 Å². The second-order valence-corrected chi connectivity index (χ2v) is 6.06. The second kappa shape index (κ2) is 4.84. The number of carbonyl (C=O) groups is 1. The van der Waals surface area contributed by atoms with E-state index in [9.17, 15) is 4.79 Å². The predicted molar refractivity (Wildman–Crippen MR) is 83.7 cm³/mol. The molecule has 0 saturated heterocycles. The molecule has 0 N–H and O–H groups in total. The minimum absolute atomic E-state index is 0.0494. The lowest BCUT2D eigenvalue weighted by Crippen LogP contribution is -2.05. The van der Waals surface area contributed by atoms with Crippen molar-refractivity contribution in [3.8, 4) is 0 Å². The molecular weight excluding hydrogens is 266 g/mol. The fraction of sp³-hybridized carbons (Fsp3) is 0.176. The van der Waals surface area contributed by atoms with Gasteiger partial charge in [-0.05, 0) is 61.0 Å². The van der Waals surface area contributed by atoms with Gasteiger partial charge in [0.25, 0.3) is 0 Å². The minimum Gasteiger partial charge on any atom is -0.289 e. The fourth-order valence-corrected chi connectivity index (χ4v) is 3.11. The Morgan fingerprint density at radius 3 is 2.60 bits per heavy atom. The first-order valence-corrected chi connectivity index (χ1v) is 7.40. The van der Waals surface area contributed by atoms with Crippen LogP contribution >= 0.6 is 11.3 Å². The van der Waals surface area contributed by atoms with Gasteiger partial charge in [0, 0.05) is 17.3 Å². The van der Waals surface area contributed by atoms with E-state index in [-0.39, 0.29) is 5.78 Å². The Balaban J connectivity index is 2.09. The Bertz CT molecular complexity index is 817. The zero-order valence-electron chi connectivity index (χ0n) is 11.7. The maximum atomic E-state index is 12.7. The maximum absolute atomic E-state index is 12.7. The molecule has 0 bridgehead atoms. The van der Waals surface area contributed by atoms with Crippen LogP contribution in [0.25, 0.3) is 10.2 Å². The summed E-state index contributed by atoms with van der Waals surface area (Å²) in [5.41, 5.74) is 5.75. The molecule has 100 valence electrons. The van der Waals surface area contributed by atoms with Crippen LogP contribution in [0.3, 0.4) is 0 Å². The Labute approximate surface area is 122 Å². The summed E-state index contributed by atoms with van der Waals surface area (Å²) in [6.07, 6.45) is 1.67. The number of fused-ring (bicyclic) bond motifs is 1. The minimum atomic E-state index is 0.0494. The highest BCUT2D eigenvalue weighted by Crippen LogP contribution is 2.23. The van der Waals surface area contributed by atoms with Crippen molar-refractivity contribution in [2.24, 2.45) is 0 Å². The average molecular weight is 281 g/mol. The fourth-order valence-electron chi connectivity index (χ4n) is 2.33. The number of aromatic nitrogens is 1. The van der Waals surface area contributed by atoms with Gasteiger partial charge in [-0.15, -0.1) is 11.3 Å². The number of aryl methyl sites for hydroxylation is 3. The van der Waals surface area contributed by atoms with E-state index < -0.39 is 0 Å². The number of rotatable bonds is 2.